The van der Waals surface area contributed by atoms with Gasteiger partial charge in [-0.1, -0.05) is 6.92 Å². The smallest absolute Gasteiger partial charge is 0.272 e. The van der Waals surface area contributed by atoms with Gasteiger partial charge in [-0.25, -0.2) is 9.97 Å². The summed E-state index contributed by atoms with van der Waals surface area (Å²) in [5.74, 6) is -0.268. The minimum absolute atomic E-state index is 0.0982. The summed E-state index contributed by atoms with van der Waals surface area (Å²) in [5, 5.41) is 5.67. The van der Waals surface area contributed by atoms with Crippen molar-refractivity contribution < 1.29 is 4.79 Å². The lowest BCUT2D eigenvalue weighted by atomic mass is 10.2. The molecule has 0 aliphatic rings. The maximum Gasteiger partial charge on any atom is 0.272 e. The van der Waals surface area contributed by atoms with Crippen molar-refractivity contribution in [1.82, 2.24) is 15.3 Å². The van der Waals surface area contributed by atoms with Gasteiger partial charge in [0.1, 0.15) is 5.01 Å². The van der Waals surface area contributed by atoms with Crippen molar-refractivity contribution in [3.63, 3.8) is 0 Å². The minimum atomic E-state index is -0.268. The molecule has 2 aromatic rings. The van der Waals surface area contributed by atoms with Crippen LogP contribution in [0.2, 0.25) is 0 Å². The average Bonchev–Trinajstić information content (AvgIpc) is 2.90. The molecule has 2 heterocycles. The van der Waals surface area contributed by atoms with Crippen LogP contribution in [0.1, 0.15) is 34.9 Å². The number of amides is 1. The molecule has 2 rings (SSSR count). The third-order valence-electron chi connectivity index (χ3n) is 2.52. The lowest BCUT2D eigenvalue weighted by Gasteiger charge is -2.14. The van der Waals surface area contributed by atoms with Crippen molar-refractivity contribution >= 4 is 22.9 Å². The van der Waals surface area contributed by atoms with Crippen molar-refractivity contribution in [1.29, 1.82) is 0 Å². The van der Waals surface area contributed by atoms with Crippen molar-refractivity contribution in [2.45, 2.75) is 19.4 Å². The number of nitrogen functional groups attached to an aromatic ring is 1. The van der Waals surface area contributed by atoms with Gasteiger partial charge in [-0.2, -0.15) is 0 Å². The Kier molecular flexibility index (Phi) is 3.88. The van der Waals surface area contributed by atoms with Crippen molar-refractivity contribution in [3.8, 4) is 0 Å². The molecule has 0 radical (unpaired) electrons. The van der Waals surface area contributed by atoms with Gasteiger partial charge in [0.2, 0.25) is 0 Å². The zero-order chi connectivity index (χ0) is 13.0. The predicted molar refractivity (Wildman–Crippen MR) is 71.3 cm³/mol. The van der Waals surface area contributed by atoms with Crippen LogP contribution in [0, 0.1) is 0 Å². The minimum Gasteiger partial charge on any atom is -0.397 e. The molecule has 0 aliphatic heterocycles. The second-order valence-electron chi connectivity index (χ2n) is 3.75. The number of hydrogen-bond acceptors (Lipinski definition) is 5. The molecule has 0 aliphatic carbocycles. The van der Waals surface area contributed by atoms with E-state index in [0.29, 0.717) is 5.69 Å². The fourth-order valence-electron chi connectivity index (χ4n) is 1.58. The molecule has 1 unspecified atom stereocenters. The maximum atomic E-state index is 12.1. The topological polar surface area (TPSA) is 80.9 Å². The van der Waals surface area contributed by atoms with E-state index in [4.69, 9.17) is 5.73 Å². The maximum absolute atomic E-state index is 12.1. The van der Waals surface area contributed by atoms with E-state index in [1.165, 1.54) is 11.3 Å². The SMILES string of the molecule is CCC(NC(=O)c1ncccc1N)c1nccs1. The number of carbonyl (C=O) groups excluding carboxylic acids is 1. The van der Waals surface area contributed by atoms with Crippen molar-refractivity contribution in [2.75, 3.05) is 5.73 Å². The van der Waals surface area contributed by atoms with Gasteiger partial charge in [0.15, 0.2) is 5.69 Å². The first-order valence-electron chi connectivity index (χ1n) is 5.63. The van der Waals surface area contributed by atoms with Crippen molar-refractivity contribution in [2.24, 2.45) is 0 Å². The monoisotopic (exact) mass is 262 g/mol. The number of nitrogens with one attached hydrogen (secondary N) is 1. The first-order chi connectivity index (χ1) is 8.72. The number of pyridine rings is 1. The summed E-state index contributed by atoms with van der Waals surface area (Å²) in [6, 6.07) is 3.26. The standard InChI is InChI=1S/C12H14N4OS/c1-2-9(12-15-6-7-18-12)16-11(17)10-8(13)4-3-5-14-10/h3-7,9H,2,13H2,1H3,(H,16,17). The fourth-order valence-corrected chi connectivity index (χ4v) is 2.35. The molecule has 0 fully saturated rings. The van der Waals surface area contributed by atoms with Crippen molar-refractivity contribution in [3.05, 3.63) is 40.6 Å². The van der Waals surface area contributed by atoms with Crippen LogP contribution < -0.4 is 11.1 Å². The highest BCUT2D eigenvalue weighted by Crippen LogP contribution is 2.19. The average molecular weight is 262 g/mol. The van der Waals surface area contributed by atoms with Crippen LogP contribution in [0.25, 0.3) is 0 Å². The highest BCUT2D eigenvalue weighted by atomic mass is 32.1. The molecule has 94 valence electrons. The zero-order valence-corrected chi connectivity index (χ0v) is 10.8. The van der Waals surface area contributed by atoms with Gasteiger partial charge in [-0.15, -0.1) is 11.3 Å². The van der Waals surface area contributed by atoms with E-state index in [1.807, 2.05) is 12.3 Å². The van der Waals surface area contributed by atoms with Crippen LogP contribution in [0.4, 0.5) is 5.69 Å². The van der Waals surface area contributed by atoms with E-state index < -0.39 is 0 Å². The summed E-state index contributed by atoms with van der Waals surface area (Å²) < 4.78 is 0. The molecule has 5 nitrogen and oxygen atoms in total. The molecule has 18 heavy (non-hydrogen) atoms. The van der Waals surface area contributed by atoms with Crippen LogP contribution in [-0.4, -0.2) is 15.9 Å². The number of nitrogens with zero attached hydrogens (tertiary/aromatic N) is 2. The van der Waals surface area contributed by atoms with E-state index in [-0.39, 0.29) is 17.6 Å². The van der Waals surface area contributed by atoms with Gasteiger partial charge >= 0.3 is 0 Å². The van der Waals surface area contributed by atoms with Crippen LogP contribution >= 0.6 is 11.3 Å². The first kappa shape index (κ1) is 12.5. The summed E-state index contributed by atoms with van der Waals surface area (Å²) in [5.41, 5.74) is 6.36. The normalized spacial score (nSPS) is 12.1. The number of thiazole rings is 1. The van der Waals surface area contributed by atoms with E-state index in [0.717, 1.165) is 11.4 Å². The Balaban J connectivity index is 2.14. The van der Waals surface area contributed by atoms with Gasteiger partial charge in [-0.05, 0) is 18.6 Å². The lowest BCUT2D eigenvalue weighted by molar-refractivity contribution is 0.0931. The van der Waals surface area contributed by atoms with Crippen LogP contribution in [0.5, 0.6) is 0 Å². The second-order valence-corrected chi connectivity index (χ2v) is 4.67. The fraction of sp³-hybridized carbons (Fsp3) is 0.250. The Morgan fingerprint density at radius 3 is 2.94 bits per heavy atom. The number of rotatable bonds is 4. The Labute approximate surface area is 109 Å². The molecule has 6 heteroatoms. The molecule has 2 aromatic heterocycles. The van der Waals surface area contributed by atoms with E-state index >= 15 is 0 Å². The Bertz CT molecular complexity index is 527. The third-order valence-corrected chi connectivity index (χ3v) is 3.41. The van der Waals surface area contributed by atoms with E-state index in [2.05, 4.69) is 15.3 Å². The van der Waals surface area contributed by atoms with Gasteiger partial charge in [-0.3, -0.25) is 4.79 Å². The molecular formula is C12H14N4OS. The number of aromatic nitrogens is 2. The lowest BCUT2D eigenvalue weighted by Crippen LogP contribution is -2.29. The highest BCUT2D eigenvalue weighted by Gasteiger charge is 2.18. The molecule has 1 atom stereocenters. The summed E-state index contributed by atoms with van der Waals surface area (Å²) in [6.07, 6.45) is 4.05. The van der Waals surface area contributed by atoms with Crippen LogP contribution in [0.3, 0.4) is 0 Å². The first-order valence-corrected chi connectivity index (χ1v) is 6.51. The molecule has 0 saturated carbocycles. The summed E-state index contributed by atoms with van der Waals surface area (Å²) in [4.78, 5) is 20.3. The molecule has 0 spiro atoms. The Hall–Kier alpha value is -1.95. The number of carbonyl (C=O) groups is 1. The molecule has 0 bridgehead atoms. The number of nitrogens with two attached hydrogens (primary N) is 1. The largest absolute Gasteiger partial charge is 0.397 e. The summed E-state index contributed by atoms with van der Waals surface area (Å²) >= 11 is 1.52. The molecule has 3 N–H and O–H groups in total. The molecule has 0 saturated heterocycles. The molecule has 1 amide bonds. The predicted octanol–water partition coefficient (Wildman–Crippen LogP) is 2.00. The van der Waals surface area contributed by atoms with E-state index in [1.54, 1.807) is 24.5 Å². The van der Waals surface area contributed by atoms with Gasteiger partial charge < -0.3 is 11.1 Å². The Morgan fingerprint density at radius 2 is 2.33 bits per heavy atom. The van der Waals surface area contributed by atoms with Gasteiger partial charge in [0, 0.05) is 17.8 Å². The zero-order valence-electron chi connectivity index (χ0n) is 9.96. The molecule has 0 aromatic carbocycles. The third kappa shape index (κ3) is 2.65. The molecular weight excluding hydrogens is 248 g/mol. The summed E-state index contributed by atoms with van der Waals surface area (Å²) in [7, 11) is 0. The highest BCUT2D eigenvalue weighted by molar-refractivity contribution is 7.09. The number of anilines is 1. The van der Waals surface area contributed by atoms with Gasteiger partial charge in [0.05, 0.1) is 11.7 Å². The van der Waals surface area contributed by atoms with Gasteiger partial charge in [0.25, 0.3) is 5.91 Å². The Morgan fingerprint density at radius 1 is 1.50 bits per heavy atom. The summed E-state index contributed by atoms with van der Waals surface area (Å²) in [6.45, 7) is 1.99. The quantitative estimate of drug-likeness (QED) is 0.883. The van der Waals surface area contributed by atoms with E-state index in [9.17, 15) is 4.79 Å². The van der Waals surface area contributed by atoms with Crippen LogP contribution in [-0.2, 0) is 0 Å². The van der Waals surface area contributed by atoms with Crippen LogP contribution in [0.15, 0.2) is 29.9 Å². The second kappa shape index (κ2) is 5.59. The number of hydrogen-bond donors (Lipinski definition) is 2.